The van der Waals surface area contributed by atoms with Crippen LogP contribution in [0.2, 0.25) is 0 Å². The first-order valence-electron chi connectivity index (χ1n) is 12.5. The quantitative estimate of drug-likeness (QED) is 0.232. The molecule has 1 aromatic heterocycles. The van der Waals surface area contributed by atoms with Crippen LogP contribution >= 0.6 is 27.3 Å². The van der Waals surface area contributed by atoms with Crippen molar-refractivity contribution in [1.82, 2.24) is 4.57 Å². The summed E-state index contributed by atoms with van der Waals surface area (Å²) in [7, 11) is 2.84. The number of hydrogen-bond acceptors (Lipinski definition) is 9. The van der Waals surface area contributed by atoms with Gasteiger partial charge < -0.3 is 23.7 Å². The van der Waals surface area contributed by atoms with Gasteiger partial charge in [0.05, 0.1) is 48.1 Å². The number of methoxy groups -OCH3 is 2. The number of thiazole rings is 1. The molecule has 9 nitrogen and oxygen atoms in total. The zero-order chi connectivity index (χ0) is 28.8. The highest BCUT2D eigenvalue weighted by atomic mass is 79.9. The van der Waals surface area contributed by atoms with Gasteiger partial charge in [0, 0.05) is 6.20 Å². The Kier molecular flexibility index (Phi) is 9.49. The fraction of sp³-hybridized carbons (Fsp3) is 0.276. The van der Waals surface area contributed by atoms with Crippen LogP contribution in [0.25, 0.3) is 6.08 Å². The topological polar surface area (TPSA) is 97.6 Å². The van der Waals surface area contributed by atoms with E-state index >= 15 is 0 Å². The standard InChI is InChI=1S/C29H29BrN2O7S/c1-6-11-39-26-20(30)12-17(13-23(26)35-4)14-24-27(33)32-25(19(28(34)36-5)16-31-29(32)40-24)18-9-10-21(37-7-2)22(15-18)38-8-3/h6,9-10,12-16,25H,1,7-8,11H2,2-5H3/b24-14-/t25-/m0/s1. The second-order valence-electron chi connectivity index (χ2n) is 8.38. The van der Waals surface area contributed by atoms with Crippen LogP contribution in [-0.4, -0.2) is 44.6 Å². The van der Waals surface area contributed by atoms with E-state index in [-0.39, 0.29) is 11.1 Å². The Morgan fingerprint density at radius 2 is 1.85 bits per heavy atom. The molecule has 2 aromatic carbocycles. The van der Waals surface area contributed by atoms with Crippen molar-refractivity contribution in [3.05, 3.63) is 90.0 Å². The van der Waals surface area contributed by atoms with Crippen molar-refractivity contribution in [2.45, 2.75) is 19.9 Å². The molecule has 3 aromatic rings. The van der Waals surface area contributed by atoms with E-state index in [1.807, 2.05) is 26.0 Å². The highest BCUT2D eigenvalue weighted by molar-refractivity contribution is 9.10. The Balaban J connectivity index is 1.87. The number of fused-ring (bicyclic) bond motifs is 1. The normalized spacial score (nSPS) is 14.5. The minimum atomic E-state index is -0.781. The van der Waals surface area contributed by atoms with Crippen LogP contribution in [0.15, 0.2) is 69.0 Å². The fourth-order valence-corrected chi connectivity index (χ4v) is 5.79. The van der Waals surface area contributed by atoms with E-state index in [0.717, 1.165) is 0 Å². The van der Waals surface area contributed by atoms with Gasteiger partial charge in [-0.05, 0) is 71.2 Å². The van der Waals surface area contributed by atoms with Crippen molar-refractivity contribution in [2.75, 3.05) is 34.0 Å². The van der Waals surface area contributed by atoms with Crippen molar-refractivity contribution >= 4 is 39.3 Å². The Hall–Kier alpha value is -3.83. The monoisotopic (exact) mass is 628 g/mol. The van der Waals surface area contributed by atoms with E-state index in [4.69, 9.17) is 23.7 Å². The number of ether oxygens (including phenoxy) is 5. The van der Waals surface area contributed by atoms with Gasteiger partial charge in [-0.2, -0.15) is 0 Å². The molecule has 0 unspecified atom stereocenters. The van der Waals surface area contributed by atoms with Crippen LogP contribution in [0.5, 0.6) is 23.0 Å². The van der Waals surface area contributed by atoms with Crippen molar-refractivity contribution in [3.63, 3.8) is 0 Å². The molecule has 0 N–H and O–H groups in total. The average molecular weight is 630 g/mol. The minimum absolute atomic E-state index is 0.223. The molecule has 0 bridgehead atoms. The molecule has 0 aliphatic carbocycles. The van der Waals surface area contributed by atoms with Crippen molar-refractivity contribution in [2.24, 2.45) is 4.99 Å². The van der Waals surface area contributed by atoms with Gasteiger partial charge in [-0.15, -0.1) is 0 Å². The molecule has 0 saturated carbocycles. The van der Waals surface area contributed by atoms with Gasteiger partial charge in [-0.25, -0.2) is 9.79 Å². The molecule has 1 aliphatic rings. The van der Waals surface area contributed by atoms with Crippen LogP contribution in [0.4, 0.5) is 0 Å². The Morgan fingerprint density at radius 3 is 2.52 bits per heavy atom. The molecule has 1 aliphatic heterocycles. The molecule has 0 amide bonds. The van der Waals surface area contributed by atoms with Crippen LogP contribution in [0.3, 0.4) is 0 Å². The van der Waals surface area contributed by atoms with E-state index in [9.17, 15) is 9.59 Å². The summed E-state index contributed by atoms with van der Waals surface area (Å²) in [5, 5.41) is 0. The molecule has 2 heterocycles. The van der Waals surface area contributed by atoms with Crippen LogP contribution in [-0.2, 0) is 9.53 Å². The number of carbonyl (C=O) groups is 1. The molecule has 210 valence electrons. The first kappa shape index (κ1) is 29.2. The SMILES string of the molecule is C=CCOc1c(Br)cc(/C=c2\sc3n(c2=O)[C@@H](c2ccc(OCC)c(OCC)c2)C(C(=O)OC)=CN=3)cc1OC. The van der Waals surface area contributed by atoms with Gasteiger partial charge in [0.25, 0.3) is 5.56 Å². The lowest BCUT2D eigenvalue weighted by Gasteiger charge is -2.23. The Morgan fingerprint density at radius 1 is 1.10 bits per heavy atom. The summed E-state index contributed by atoms with van der Waals surface area (Å²) in [5.41, 5.74) is 1.28. The van der Waals surface area contributed by atoms with Crippen molar-refractivity contribution in [1.29, 1.82) is 0 Å². The van der Waals surface area contributed by atoms with Gasteiger partial charge >= 0.3 is 5.97 Å². The highest BCUT2D eigenvalue weighted by Gasteiger charge is 2.31. The second-order valence-corrected chi connectivity index (χ2v) is 10.2. The van der Waals surface area contributed by atoms with Gasteiger partial charge in [0.15, 0.2) is 27.8 Å². The molecule has 1 atom stereocenters. The number of benzene rings is 2. The molecular weight excluding hydrogens is 600 g/mol. The summed E-state index contributed by atoms with van der Waals surface area (Å²) in [6.07, 6.45) is 4.84. The van der Waals surface area contributed by atoms with Crippen molar-refractivity contribution < 1.29 is 28.5 Å². The number of aromatic nitrogens is 1. The molecule has 4 rings (SSSR count). The lowest BCUT2D eigenvalue weighted by molar-refractivity contribution is -0.136. The predicted molar refractivity (Wildman–Crippen MR) is 156 cm³/mol. The molecule has 0 saturated heterocycles. The van der Waals surface area contributed by atoms with E-state index in [1.54, 1.807) is 37.5 Å². The van der Waals surface area contributed by atoms with Gasteiger partial charge in [-0.3, -0.25) is 9.36 Å². The minimum Gasteiger partial charge on any atom is -0.493 e. The first-order chi connectivity index (χ1) is 19.4. The number of nitrogens with zero attached hydrogens (tertiary/aromatic N) is 2. The number of halogens is 1. The fourth-order valence-electron chi connectivity index (χ4n) is 4.24. The molecule has 11 heteroatoms. The molecule has 40 heavy (non-hydrogen) atoms. The second kappa shape index (κ2) is 13.0. The van der Waals surface area contributed by atoms with Gasteiger partial charge in [0.2, 0.25) is 0 Å². The maximum atomic E-state index is 13.9. The van der Waals surface area contributed by atoms with Crippen LogP contribution < -0.4 is 33.8 Å². The maximum absolute atomic E-state index is 13.9. The van der Waals surface area contributed by atoms with E-state index in [1.165, 1.54) is 29.2 Å². The predicted octanol–water partition coefficient (Wildman–Crippen LogP) is 4.15. The lowest BCUT2D eigenvalue weighted by Crippen LogP contribution is -2.39. The average Bonchev–Trinajstić information content (AvgIpc) is 3.27. The zero-order valence-corrected chi connectivity index (χ0v) is 25.0. The number of rotatable bonds is 11. The summed E-state index contributed by atoms with van der Waals surface area (Å²) >= 11 is 4.74. The first-order valence-corrected chi connectivity index (χ1v) is 14.1. The largest absolute Gasteiger partial charge is 0.493 e. The van der Waals surface area contributed by atoms with Crippen LogP contribution in [0, 0.1) is 0 Å². The van der Waals surface area contributed by atoms with E-state index in [0.29, 0.717) is 67.8 Å². The highest BCUT2D eigenvalue weighted by Crippen LogP contribution is 2.37. The third-order valence-electron chi connectivity index (χ3n) is 5.90. The molecule has 0 spiro atoms. The summed E-state index contributed by atoms with van der Waals surface area (Å²) in [6, 6.07) is 8.19. The number of carbonyl (C=O) groups excluding carboxylic acids is 1. The van der Waals surface area contributed by atoms with Crippen molar-refractivity contribution in [3.8, 4) is 23.0 Å². The molecule has 0 radical (unpaired) electrons. The van der Waals surface area contributed by atoms with Crippen LogP contribution in [0.1, 0.15) is 31.0 Å². The van der Waals surface area contributed by atoms with E-state index in [2.05, 4.69) is 27.5 Å². The zero-order valence-electron chi connectivity index (χ0n) is 22.6. The Labute approximate surface area is 243 Å². The maximum Gasteiger partial charge on any atom is 0.337 e. The smallest absolute Gasteiger partial charge is 0.337 e. The third-order valence-corrected chi connectivity index (χ3v) is 7.49. The number of hydrogen-bond donors (Lipinski definition) is 0. The molecule has 0 fully saturated rings. The van der Waals surface area contributed by atoms with Gasteiger partial charge in [-0.1, -0.05) is 30.1 Å². The summed E-state index contributed by atoms with van der Waals surface area (Å²) in [4.78, 5) is 31.5. The summed E-state index contributed by atoms with van der Waals surface area (Å²) in [5.74, 6) is 1.53. The van der Waals surface area contributed by atoms with E-state index < -0.39 is 12.0 Å². The van der Waals surface area contributed by atoms with Gasteiger partial charge in [0.1, 0.15) is 6.61 Å². The Bertz CT molecular complexity index is 1640. The third kappa shape index (κ3) is 5.85. The summed E-state index contributed by atoms with van der Waals surface area (Å²) in [6.45, 7) is 8.62. The molecular formula is C29H29BrN2O7S. The summed E-state index contributed by atoms with van der Waals surface area (Å²) < 4.78 is 30.4. The number of esters is 1. The lowest BCUT2D eigenvalue weighted by atomic mass is 9.97.